The van der Waals surface area contributed by atoms with Gasteiger partial charge in [0.15, 0.2) is 0 Å². The average Bonchev–Trinajstić information content (AvgIpc) is 1.72. The molecule has 0 saturated heterocycles. The third-order valence-corrected chi connectivity index (χ3v) is 22.0. The Morgan fingerprint density at radius 3 is 1.10 bits per heavy atom. The van der Waals surface area contributed by atoms with Crippen molar-refractivity contribution in [2.75, 3.05) is 20.0 Å². The van der Waals surface area contributed by atoms with Crippen LogP contribution in [0.1, 0.15) is 181 Å². The number of nitrogens with one attached hydrogen (secondary N) is 1. The molecule has 1 N–H and O–H groups in total. The monoisotopic (exact) mass is 1540 g/mol. The van der Waals surface area contributed by atoms with Crippen molar-refractivity contribution in [3.8, 4) is 44.5 Å². The number of fused-ring (bicyclic) bond motifs is 2. The third-order valence-electron chi connectivity index (χ3n) is 21.8. The number of para-hydroxylation sites is 2. The summed E-state index contributed by atoms with van der Waals surface area (Å²) in [7, 11) is 0. The molecule has 0 unspecified atom stereocenters. The first-order chi connectivity index (χ1) is 58.9. The van der Waals surface area contributed by atoms with Gasteiger partial charge in [-0.05, 0) is 224 Å². The number of hydrogen-bond donors (Lipinski definition) is 1. The lowest BCUT2D eigenvalue weighted by atomic mass is 9.85. The standard InChI is InChI=1S/C54H56N2O.C39H40ClN.C15H17NO/c1-37-29-46(38-19-13-10-14-20-38)51(47(30-37)39-21-15-11-16-22-39)56(43-27-25-40(26-28-43)52(2,3)4)45-32-41(53(5,6)7)31-44(33-45)55(42-23-17-12-18-24-42)49-36-57-50-35-54(8,9)34-48(49)50;1-27-22-35(28-14-10-8-11-15-28)37(36(23-27)29-16-12-9-13-17-29)41(33-20-18-30(19-21-33)38(2,3)4)34-25-31(39(5,6)7)24-32(40)26-34;1-15(2)8-12-13(10-17-14(12)9-15)16-11-6-4-3-5-7-11/h10-33,36H,34-35H2,1-9H3;8-26H,1-7H3;3-7,10,16H,8-9H2,1-2H3/i12D,17D,18D,23D,24D;;3D,4D,5D,6D,7D. The molecular formula is C108H113ClN4O2. The van der Waals surface area contributed by atoms with Gasteiger partial charge < -0.3 is 28.9 Å². The van der Waals surface area contributed by atoms with Crippen LogP contribution in [-0.2, 0) is 47.3 Å². The average molecular weight is 1540 g/mol. The molecule has 16 rings (SSSR count). The fourth-order valence-corrected chi connectivity index (χ4v) is 16.0. The van der Waals surface area contributed by atoms with E-state index >= 15 is 0 Å². The molecule has 0 atom stereocenters. The van der Waals surface area contributed by atoms with Crippen molar-refractivity contribution in [1.82, 2.24) is 0 Å². The van der Waals surface area contributed by atoms with Crippen LogP contribution < -0.4 is 20.0 Å². The van der Waals surface area contributed by atoms with E-state index in [0.717, 1.165) is 114 Å². The molecule has 6 nitrogen and oxygen atoms in total. The maximum absolute atomic E-state index is 9.36. The van der Waals surface area contributed by atoms with Crippen molar-refractivity contribution >= 4 is 74.2 Å². The van der Waals surface area contributed by atoms with E-state index in [9.17, 15) is 2.74 Å². The van der Waals surface area contributed by atoms with Gasteiger partial charge >= 0.3 is 0 Å². The summed E-state index contributed by atoms with van der Waals surface area (Å²) in [5.41, 5.74) is 25.9. The van der Waals surface area contributed by atoms with Crippen molar-refractivity contribution in [3.63, 3.8) is 0 Å². The molecule has 0 radical (unpaired) electrons. The summed E-state index contributed by atoms with van der Waals surface area (Å²) in [5.74, 6) is 1.76. The van der Waals surface area contributed by atoms with Crippen molar-refractivity contribution in [2.24, 2.45) is 10.8 Å². The van der Waals surface area contributed by atoms with E-state index in [1.54, 1.807) is 12.5 Å². The number of halogens is 1. The second-order valence-corrected chi connectivity index (χ2v) is 37.1. The molecular weight excluding hydrogens is 1420 g/mol. The summed E-state index contributed by atoms with van der Waals surface area (Å²) in [4.78, 5) is 6.60. The lowest BCUT2D eigenvalue weighted by molar-refractivity contribution is 0.364. The number of aryl methyl sites for hydroxylation is 2. The van der Waals surface area contributed by atoms with Gasteiger partial charge in [-0.1, -0.05) is 304 Å². The fourth-order valence-electron chi connectivity index (χ4n) is 15.8. The van der Waals surface area contributed by atoms with Crippen LogP contribution in [0.15, 0.2) is 312 Å². The Hall–Kier alpha value is -11.3. The Morgan fingerprint density at radius 2 is 0.696 bits per heavy atom. The van der Waals surface area contributed by atoms with Crippen LogP contribution >= 0.6 is 11.6 Å². The van der Waals surface area contributed by atoms with E-state index < -0.39 is 6.04 Å². The lowest BCUT2D eigenvalue weighted by Crippen LogP contribution is -2.19. The predicted octanol–water partition coefficient (Wildman–Crippen LogP) is 31.8. The van der Waals surface area contributed by atoms with Crippen LogP contribution in [0.25, 0.3) is 44.5 Å². The van der Waals surface area contributed by atoms with E-state index in [2.05, 4.69) is 358 Å². The first-order valence-corrected chi connectivity index (χ1v) is 40.4. The van der Waals surface area contributed by atoms with E-state index in [-0.39, 0.29) is 98.2 Å². The molecule has 0 fully saturated rings. The summed E-state index contributed by atoms with van der Waals surface area (Å²) < 4.78 is 95.7. The Kier molecular flexibility index (Phi) is 19.3. The van der Waals surface area contributed by atoms with Gasteiger partial charge in [-0.15, -0.1) is 0 Å². The number of rotatable bonds is 15. The molecule has 14 aromatic rings. The highest BCUT2D eigenvalue weighted by atomic mass is 35.5. The fraction of sp³-hybridized carbons (Fsp3) is 0.259. The number of nitrogens with zero attached hydrogens (tertiary/aromatic N) is 3. The molecule has 0 aliphatic heterocycles. The second kappa shape index (κ2) is 32.5. The molecule has 584 valence electrons. The van der Waals surface area contributed by atoms with Crippen LogP contribution in [0.5, 0.6) is 0 Å². The van der Waals surface area contributed by atoms with Gasteiger partial charge in [-0.3, -0.25) is 0 Å². The minimum atomic E-state index is -0.433. The molecule has 2 aromatic heterocycles. The SMILES string of the molecule is Cc1cc(-c2ccccc2)c(N(c2ccc(C(C)(C)C)cc2)c2cc(Cl)cc(C(C)(C)C)c2)c(-c2ccccc2)c1.[2H]c1c([2H])c([2H])c(N(c2cc(N(c3ccc(C(C)(C)C)cc3)c3c(-c4ccccc4)cc(C)cc3-c3ccccc3)cc(C(C)(C)C)c2)c2coc3c2CC(C)(C)C3)c([2H])c1[2H].[2H]c1c([2H])c([2H])c(Nc2coc3c2CC(C)(C)C3)c([2H])c1[2H]. The topological polar surface area (TPSA) is 48.0 Å². The van der Waals surface area contributed by atoms with Crippen molar-refractivity contribution < 1.29 is 22.5 Å². The Balaban J connectivity index is 0.000000171. The smallest absolute Gasteiger partial charge is 0.115 e. The predicted molar refractivity (Wildman–Crippen MR) is 491 cm³/mol. The number of hydrogen-bond acceptors (Lipinski definition) is 6. The van der Waals surface area contributed by atoms with Gasteiger partial charge in [0, 0.05) is 91.1 Å². The zero-order valence-corrected chi connectivity index (χ0v) is 70.7. The summed E-state index contributed by atoms with van der Waals surface area (Å²) in [6.45, 7) is 39.7. The minimum absolute atomic E-state index is 0.0563. The molecule has 2 aliphatic carbocycles. The van der Waals surface area contributed by atoms with Crippen molar-refractivity contribution in [2.45, 2.75) is 172 Å². The molecule has 2 aliphatic rings. The highest BCUT2D eigenvalue weighted by molar-refractivity contribution is 6.31. The molecule has 115 heavy (non-hydrogen) atoms. The summed E-state index contributed by atoms with van der Waals surface area (Å²) >= 11 is 6.87. The van der Waals surface area contributed by atoms with Crippen LogP contribution in [0, 0.1) is 24.7 Å². The molecule has 0 spiro atoms. The van der Waals surface area contributed by atoms with E-state index in [1.165, 1.54) is 44.5 Å². The van der Waals surface area contributed by atoms with E-state index in [0.29, 0.717) is 23.5 Å². The van der Waals surface area contributed by atoms with Gasteiger partial charge in [0.2, 0.25) is 0 Å². The van der Waals surface area contributed by atoms with Crippen LogP contribution in [0.2, 0.25) is 5.02 Å². The van der Waals surface area contributed by atoms with Gasteiger partial charge in [0.25, 0.3) is 0 Å². The second-order valence-electron chi connectivity index (χ2n) is 36.6. The number of benzene rings is 12. The molecule has 2 heterocycles. The maximum atomic E-state index is 9.36. The Bertz CT molecular complexity index is 6160. The zero-order valence-electron chi connectivity index (χ0n) is 80.0. The molecule has 0 saturated carbocycles. The normalized spacial score (nSPS) is 14.7. The van der Waals surface area contributed by atoms with E-state index in [4.69, 9.17) is 31.4 Å². The summed E-state index contributed by atoms with van der Waals surface area (Å²) in [6.07, 6.45) is 6.38. The summed E-state index contributed by atoms with van der Waals surface area (Å²) in [5, 5.41) is 3.71. The summed E-state index contributed by atoms with van der Waals surface area (Å²) in [6, 6.07) is 79.0. The number of anilines is 11. The van der Waals surface area contributed by atoms with Crippen molar-refractivity contribution in [3.05, 3.63) is 365 Å². The molecule has 0 amide bonds. The van der Waals surface area contributed by atoms with E-state index in [1.807, 2.05) is 17.0 Å². The highest BCUT2D eigenvalue weighted by Crippen LogP contribution is 2.54. The van der Waals surface area contributed by atoms with Gasteiger partial charge in [0.05, 0.1) is 36.5 Å². The Morgan fingerprint density at radius 1 is 0.348 bits per heavy atom. The maximum Gasteiger partial charge on any atom is 0.115 e. The largest absolute Gasteiger partial charge is 0.467 e. The lowest BCUT2D eigenvalue weighted by Gasteiger charge is -2.34. The third kappa shape index (κ3) is 18.3. The number of furan rings is 2. The quantitative estimate of drug-likeness (QED) is 0.110. The Labute approximate surface area is 704 Å². The minimum Gasteiger partial charge on any atom is -0.467 e. The zero-order chi connectivity index (χ0) is 90.1. The van der Waals surface area contributed by atoms with Crippen LogP contribution in [-0.4, -0.2) is 0 Å². The van der Waals surface area contributed by atoms with Crippen molar-refractivity contribution in [1.29, 1.82) is 0 Å². The first kappa shape index (κ1) is 68.1. The van der Waals surface area contributed by atoms with Gasteiger partial charge in [-0.25, -0.2) is 0 Å². The first-order valence-electron chi connectivity index (χ1n) is 45.0. The van der Waals surface area contributed by atoms with Crippen LogP contribution in [0.4, 0.5) is 62.6 Å². The van der Waals surface area contributed by atoms with Crippen LogP contribution in [0.3, 0.4) is 0 Å². The van der Waals surface area contributed by atoms with Gasteiger partial charge in [0.1, 0.15) is 24.0 Å². The molecule has 0 bridgehead atoms. The highest BCUT2D eigenvalue weighted by Gasteiger charge is 2.38. The van der Waals surface area contributed by atoms with Gasteiger partial charge in [-0.2, -0.15) is 0 Å². The molecule has 7 heteroatoms. The molecule has 12 aromatic carbocycles.